The highest BCUT2D eigenvalue weighted by atomic mass is 79.9. The molecule has 1 aromatic heterocycles. The number of quaternary nitrogens is 1. The van der Waals surface area contributed by atoms with Crippen molar-refractivity contribution in [3.8, 4) is 16.2 Å². The van der Waals surface area contributed by atoms with E-state index >= 15 is 0 Å². The van der Waals surface area contributed by atoms with Crippen LogP contribution in [0, 0.1) is 0 Å². The number of amides is 2. The van der Waals surface area contributed by atoms with E-state index in [2.05, 4.69) is 26.2 Å². The number of nitrogens with zero attached hydrogens (tertiary/aromatic N) is 1. The zero-order valence-corrected chi connectivity index (χ0v) is 17.8. The molecule has 3 aromatic rings. The first-order valence-electron chi connectivity index (χ1n) is 8.82. The number of benzene rings is 2. The Labute approximate surface area is 180 Å². The fraction of sp³-hybridized carbons (Fsp3) is 0.0952. The van der Waals surface area contributed by atoms with Gasteiger partial charge in [0.2, 0.25) is 0 Å². The third-order valence-corrected chi connectivity index (χ3v) is 6.12. The number of nitrogens with one attached hydrogen (secondary N) is 2. The van der Waals surface area contributed by atoms with Crippen molar-refractivity contribution in [1.29, 1.82) is 0 Å². The van der Waals surface area contributed by atoms with E-state index in [1.165, 1.54) is 17.7 Å². The van der Waals surface area contributed by atoms with Gasteiger partial charge < -0.3 is 10.1 Å². The molecule has 146 valence electrons. The van der Waals surface area contributed by atoms with Crippen molar-refractivity contribution < 1.29 is 19.2 Å². The normalized spacial score (nSPS) is 15.1. The van der Waals surface area contributed by atoms with E-state index in [0.717, 1.165) is 20.7 Å². The molecule has 8 heteroatoms. The van der Waals surface area contributed by atoms with Crippen molar-refractivity contribution in [1.82, 2.24) is 0 Å². The van der Waals surface area contributed by atoms with Gasteiger partial charge in [-0.1, -0.05) is 15.9 Å². The van der Waals surface area contributed by atoms with E-state index in [1.807, 2.05) is 42.5 Å². The minimum atomic E-state index is -0.252. The summed E-state index contributed by atoms with van der Waals surface area (Å²) < 4.78 is 6.11. The molecule has 6 nitrogen and oxygen atoms in total. The number of carbonyl (C=O) groups excluding carboxylic acids is 2. The number of carbonyl (C=O) groups is 2. The molecule has 2 N–H and O–H groups in total. The van der Waals surface area contributed by atoms with Gasteiger partial charge in [0.1, 0.15) is 5.75 Å². The van der Waals surface area contributed by atoms with Crippen LogP contribution in [0.3, 0.4) is 0 Å². The summed E-state index contributed by atoms with van der Waals surface area (Å²) in [7, 11) is 1.62. The molecule has 1 atom stereocenters. The molecule has 4 rings (SSSR count). The molecular formula is C21H17BrN3O3S+. The summed E-state index contributed by atoms with van der Waals surface area (Å²) in [5, 5.41) is 2.80. The minimum absolute atomic E-state index is 0.0202. The number of hydrogen-bond donors (Lipinski definition) is 2. The smallest absolute Gasteiger partial charge is 0.362 e. The van der Waals surface area contributed by atoms with Crippen LogP contribution in [-0.2, 0) is 4.79 Å². The number of halogens is 1. The standard InChI is InChI=1S/C21H16BrN3O3S/c1-28-16-8-2-13(3-9-16)18-10-17-20(29-18)21(27)25(12-23-17)11-19(26)24-15-6-4-14(22)5-7-15/h2-10,12H,11H2,1H3,(H,24,26)/p+1. The number of fused-ring (bicyclic) bond motifs is 1. The Morgan fingerprint density at radius 3 is 2.59 bits per heavy atom. The van der Waals surface area contributed by atoms with Gasteiger partial charge in [-0.2, -0.15) is 0 Å². The van der Waals surface area contributed by atoms with Gasteiger partial charge in [-0.25, -0.2) is 14.7 Å². The lowest BCUT2D eigenvalue weighted by atomic mass is 10.1. The van der Waals surface area contributed by atoms with Crippen LogP contribution in [0.25, 0.3) is 10.4 Å². The highest BCUT2D eigenvalue weighted by Gasteiger charge is 2.31. The maximum absolute atomic E-state index is 12.9. The van der Waals surface area contributed by atoms with Gasteiger partial charge in [0.15, 0.2) is 17.8 Å². The summed E-state index contributed by atoms with van der Waals surface area (Å²) in [5.74, 6) is 0.375. The number of aliphatic imine (C=N–C) groups is 1. The second-order valence-corrected chi connectivity index (χ2v) is 8.37. The zero-order chi connectivity index (χ0) is 20.4. The van der Waals surface area contributed by atoms with Crippen LogP contribution < -0.4 is 15.0 Å². The number of ether oxygens (including phenoxy) is 1. The molecule has 0 spiro atoms. The van der Waals surface area contributed by atoms with Gasteiger partial charge in [-0.3, -0.25) is 4.79 Å². The van der Waals surface area contributed by atoms with Gasteiger partial charge in [0, 0.05) is 15.0 Å². The Balaban J connectivity index is 1.47. The number of hydrogen-bond acceptors (Lipinski definition) is 5. The van der Waals surface area contributed by atoms with E-state index in [-0.39, 0.29) is 18.4 Å². The summed E-state index contributed by atoms with van der Waals surface area (Å²) >= 11 is 4.74. The summed E-state index contributed by atoms with van der Waals surface area (Å²) in [4.78, 5) is 31.5. The Kier molecular flexibility index (Phi) is 5.57. The molecular weight excluding hydrogens is 454 g/mol. The average molecular weight is 471 g/mol. The lowest BCUT2D eigenvalue weighted by Gasteiger charge is -2.14. The maximum atomic E-state index is 12.9. The van der Waals surface area contributed by atoms with Crippen molar-refractivity contribution >= 4 is 56.8 Å². The van der Waals surface area contributed by atoms with Crippen molar-refractivity contribution in [2.75, 3.05) is 19.0 Å². The molecule has 2 amide bonds. The lowest BCUT2D eigenvalue weighted by molar-refractivity contribution is -0.694. The van der Waals surface area contributed by atoms with Crippen LogP contribution in [0.4, 0.5) is 11.4 Å². The van der Waals surface area contributed by atoms with Crippen molar-refractivity contribution in [3.05, 3.63) is 63.9 Å². The highest BCUT2D eigenvalue weighted by molar-refractivity contribution is 9.10. The zero-order valence-electron chi connectivity index (χ0n) is 15.4. The number of methoxy groups -OCH3 is 1. The van der Waals surface area contributed by atoms with Crippen LogP contribution in [-0.4, -0.2) is 31.8 Å². The van der Waals surface area contributed by atoms with E-state index in [0.29, 0.717) is 21.2 Å². The van der Waals surface area contributed by atoms with E-state index in [9.17, 15) is 9.59 Å². The SMILES string of the molecule is COc1ccc(-c2cc3c(s2)C(=O)[NH+](CC(=O)Nc2ccc(Br)cc2)C=N3)cc1. The molecule has 0 saturated carbocycles. The van der Waals surface area contributed by atoms with Crippen LogP contribution in [0.15, 0.2) is 64.1 Å². The summed E-state index contributed by atoms with van der Waals surface area (Å²) in [6.07, 6.45) is 1.50. The quantitative estimate of drug-likeness (QED) is 0.598. The van der Waals surface area contributed by atoms with Crippen LogP contribution in [0.1, 0.15) is 9.67 Å². The predicted molar refractivity (Wildman–Crippen MR) is 117 cm³/mol. The molecule has 1 aliphatic heterocycles. The summed E-state index contributed by atoms with van der Waals surface area (Å²) in [6, 6.07) is 16.8. The molecule has 1 aliphatic rings. The minimum Gasteiger partial charge on any atom is -0.497 e. The molecule has 2 aromatic carbocycles. The lowest BCUT2D eigenvalue weighted by Crippen LogP contribution is -3.15. The Morgan fingerprint density at radius 1 is 1.17 bits per heavy atom. The second kappa shape index (κ2) is 8.28. The maximum Gasteiger partial charge on any atom is 0.362 e. The second-order valence-electron chi connectivity index (χ2n) is 6.40. The topological polar surface area (TPSA) is 72.2 Å². The molecule has 0 radical (unpaired) electrons. The van der Waals surface area contributed by atoms with Crippen molar-refractivity contribution in [2.45, 2.75) is 0 Å². The molecule has 1 unspecified atom stereocenters. The number of rotatable bonds is 5. The summed E-state index contributed by atoms with van der Waals surface area (Å²) in [5.41, 5.74) is 2.31. The van der Waals surface area contributed by atoms with Crippen molar-refractivity contribution in [3.63, 3.8) is 0 Å². The molecule has 0 saturated heterocycles. The van der Waals surface area contributed by atoms with Crippen molar-refractivity contribution in [2.24, 2.45) is 4.99 Å². The molecule has 0 aliphatic carbocycles. The third kappa shape index (κ3) is 4.29. The Hall–Kier alpha value is -2.81. The fourth-order valence-corrected chi connectivity index (χ4v) is 4.28. The van der Waals surface area contributed by atoms with E-state index in [1.54, 1.807) is 19.2 Å². The Bertz CT molecular complexity index is 1090. The largest absolute Gasteiger partial charge is 0.497 e. The highest BCUT2D eigenvalue weighted by Crippen LogP contribution is 2.37. The van der Waals surface area contributed by atoms with Gasteiger partial charge in [0.05, 0.1) is 12.8 Å². The number of anilines is 1. The fourth-order valence-electron chi connectivity index (χ4n) is 2.93. The summed E-state index contributed by atoms with van der Waals surface area (Å²) in [6.45, 7) is -0.0202. The van der Waals surface area contributed by atoms with Gasteiger partial charge in [-0.05, 0) is 60.2 Å². The van der Waals surface area contributed by atoms with Crippen LogP contribution in [0.2, 0.25) is 0 Å². The third-order valence-electron chi connectivity index (χ3n) is 4.42. The van der Waals surface area contributed by atoms with Gasteiger partial charge in [0.25, 0.3) is 5.91 Å². The van der Waals surface area contributed by atoms with Crippen LogP contribution >= 0.6 is 27.3 Å². The van der Waals surface area contributed by atoms with E-state index in [4.69, 9.17) is 4.74 Å². The molecule has 29 heavy (non-hydrogen) atoms. The first-order valence-corrected chi connectivity index (χ1v) is 10.4. The first-order chi connectivity index (χ1) is 14.0. The first kappa shape index (κ1) is 19.5. The van der Waals surface area contributed by atoms with Gasteiger partial charge in [-0.15, -0.1) is 11.3 Å². The van der Waals surface area contributed by atoms with Crippen LogP contribution in [0.5, 0.6) is 5.75 Å². The molecule has 0 bridgehead atoms. The molecule has 2 heterocycles. The Morgan fingerprint density at radius 2 is 1.90 bits per heavy atom. The van der Waals surface area contributed by atoms with Gasteiger partial charge >= 0.3 is 5.91 Å². The van der Waals surface area contributed by atoms with E-state index < -0.39 is 0 Å². The predicted octanol–water partition coefficient (Wildman–Crippen LogP) is 3.52. The monoisotopic (exact) mass is 470 g/mol. The molecule has 0 fully saturated rings. The number of thiophene rings is 1. The average Bonchev–Trinajstić information content (AvgIpc) is 3.17.